The summed E-state index contributed by atoms with van der Waals surface area (Å²) in [7, 11) is 0. The van der Waals surface area contributed by atoms with Gasteiger partial charge in [0.2, 0.25) is 5.91 Å². The fraction of sp³-hybridized carbons (Fsp3) is 0.360. The van der Waals surface area contributed by atoms with Crippen LogP contribution in [-0.4, -0.2) is 11.7 Å². The van der Waals surface area contributed by atoms with Crippen molar-refractivity contribution in [2.45, 2.75) is 57.8 Å². The fourth-order valence-corrected chi connectivity index (χ4v) is 3.78. The molecule has 0 saturated heterocycles. The zero-order valence-electron chi connectivity index (χ0n) is 17.0. The maximum Gasteiger partial charge on any atom is 0.224 e. The average molecular weight is 391 g/mol. The highest BCUT2D eigenvalue weighted by molar-refractivity contribution is 5.93. The Hall–Kier alpha value is -2.88. The predicted molar refractivity (Wildman–Crippen MR) is 120 cm³/mol. The number of hydrogen-bond acceptors (Lipinski definition) is 3. The third-order valence-electron chi connectivity index (χ3n) is 5.45. The normalized spacial score (nSPS) is 12.3. The van der Waals surface area contributed by atoms with Crippen molar-refractivity contribution in [1.29, 1.82) is 0 Å². The first-order valence-electron chi connectivity index (χ1n) is 10.6. The largest absolute Gasteiger partial charge is 0.397 e. The van der Waals surface area contributed by atoms with Crippen LogP contribution in [0.25, 0.3) is 5.57 Å². The zero-order valence-corrected chi connectivity index (χ0v) is 17.0. The third-order valence-corrected chi connectivity index (χ3v) is 5.45. The molecule has 3 N–H and O–H groups in total. The molecule has 2 aromatic rings. The Kier molecular flexibility index (Phi) is 7.62. The number of anilines is 2. The number of nitrogens with two attached hydrogens (primary N) is 1. The maximum atomic E-state index is 12.2. The van der Waals surface area contributed by atoms with Gasteiger partial charge in [0.1, 0.15) is 5.78 Å². The summed E-state index contributed by atoms with van der Waals surface area (Å²) in [6.45, 7) is 0. The van der Waals surface area contributed by atoms with E-state index in [-0.39, 0.29) is 5.91 Å². The number of carbonyl (C=O) groups is 2. The second-order valence-corrected chi connectivity index (χ2v) is 7.68. The molecule has 0 aromatic heterocycles. The highest BCUT2D eigenvalue weighted by Crippen LogP contribution is 2.30. The minimum atomic E-state index is -0.0101. The van der Waals surface area contributed by atoms with E-state index in [0.717, 1.165) is 38.5 Å². The Balaban J connectivity index is 1.24. The number of fused-ring (bicyclic) bond motifs is 1. The topological polar surface area (TPSA) is 72.2 Å². The second kappa shape index (κ2) is 10.6. The molecule has 0 spiro atoms. The van der Waals surface area contributed by atoms with E-state index in [1.807, 2.05) is 12.1 Å². The lowest BCUT2D eigenvalue weighted by Crippen LogP contribution is -2.12. The summed E-state index contributed by atoms with van der Waals surface area (Å²) in [5.74, 6) is 0.330. The molecule has 2 aromatic carbocycles. The highest BCUT2D eigenvalue weighted by atomic mass is 16.1. The van der Waals surface area contributed by atoms with Crippen LogP contribution in [0.4, 0.5) is 11.4 Å². The van der Waals surface area contributed by atoms with Crippen molar-refractivity contribution in [1.82, 2.24) is 0 Å². The molecule has 4 nitrogen and oxygen atoms in total. The summed E-state index contributed by atoms with van der Waals surface area (Å²) in [6, 6.07) is 15.7. The maximum absolute atomic E-state index is 12.2. The van der Waals surface area contributed by atoms with Crippen LogP contribution in [0, 0.1) is 0 Å². The van der Waals surface area contributed by atoms with E-state index >= 15 is 0 Å². The molecule has 4 heteroatoms. The molecule has 0 bridgehead atoms. The van der Waals surface area contributed by atoms with Crippen LogP contribution < -0.4 is 11.1 Å². The molecular weight excluding hydrogens is 360 g/mol. The number of allylic oxidation sites excluding steroid dienone is 2. The number of nitrogens with one attached hydrogen (secondary N) is 1. The zero-order chi connectivity index (χ0) is 20.5. The number of carbonyl (C=O) groups excluding carboxylic acids is 2. The summed E-state index contributed by atoms with van der Waals surface area (Å²) in [5.41, 5.74) is 11.1. The van der Waals surface area contributed by atoms with Crippen LogP contribution in [0.2, 0.25) is 0 Å². The van der Waals surface area contributed by atoms with Crippen LogP contribution in [0.1, 0.15) is 62.5 Å². The monoisotopic (exact) mass is 390 g/mol. The average Bonchev–Trinajstić information content (AvgIpc) is 3.14. The number of hydrogen-bond donors (Lipinski definition) is 2. The van der Waals surface area contributed by atoms with E-state index in [0.29, 0.717) is 36.4 Å². The summed E-state index contributed by atoms with van der Waals surface area (Å²) >= 11 is 0. The Morgan fingerprint density at radius 1 is 0.862 bits per heavy atom. The highest BCUT2D eigenvalue weighted by Gasteiger charge is 2.14. The molecule has 0 atom stereocenters. The van der Waals surface area contributed by atoms with E-state index in [4.69, 9.17) is 5.73 Å². The van der Waals surface area contributed by atoms with Crippen LogP contribution in [0.5, 0.6) is 0 Å². The van der Waals surface area contributed by atoms with Gasteiger partial charge in [-0.05, 0) is 54.5 Å². The van der Waals surface area contributed by atoms with Crippen LogP contribution >= 0.6 is 0 Å². The van der Waals surface area contributed by atoms with Crippen molar-refractivity contribution >= 4 is 28.6 Å². The van der Waals surface area contributed by atoms with Gasteiger partial charge < -0.3 is 11.1 Å². The summed E-state index contributed by atoms with van der Waals surface area (Å²) in [4.78, 5) is 24.2. The number of para-hydroxylation sites is 2. The molecule has 0 aliphatic heterocycles. The molecule has 0 fully saturated rings. The van der Waals surface area contributed by atoms with Crippen molar-refractivity contribution < 1.29 is 9.59 Å². The van der Waals surface area contributed by atoms with Crippen molar-refractivity contribution in [2.75, 3.05) is 11.1 Å². The molecular formula is C25H30N2O2. The Bertz CT molecular complexity index is 886. The first-order valence-corrected chi connectivity index (χ1v) is 10.6. The minimum absolute atomic E-state index is 0.0101. The molecule has 1 aliphatic carbocycles. The van der Waals surface area contributed by atoms with E-state index in [2.05, 4.69) is 35.7 Å². The minimum Gasteiger partial charge on any atom is -0.397 e. The SMILES string of the molecule is Nc1ccccc1NC(=O)CCCCCCC(=O)CCC1=CCc2ccccc21. The molecule has 0 heterocycles. The van der Waals surface area contributed by atoms with Gasteiger partial charge in [0.05, 0.1) is 11.4 Å². The van der Waals surface area contributed by atoms with Gasteiger partial charge in [-0.25, -0.2) is 0 Å². The Morgan fingerprint density at radius 3 is 2.41 bits per heavy atom. The smallest absolute Gasteiger partial charge is 0.224 e. The standard InChI is InChI=1S/C25H30N2O2/c26-23-12-7-8-13-24(23)27-25(29)14-4-2-1-3-10-21(28)18-17-20-16-15-19-9-5-6-11-22(19)20/h5-9,11-13,16H,1-4,10,14-15,17-18,26H2,(H,27,29). The lowest BCUT2D eigenvalue weighted by atomic mass is 9.99. The number of rotatable bonds is 11. The van der Waals surface area contributed by atoms with Crippen LogP contribution in [0.3, 0.4) is 0 Å². The number of benzene rings is 2. The van der Waals surface area contributed by atoms with Gasteiger partial charge in [0, 0.05) is 19.3 Å². The number of nitrogen functional groups attached to an aromatic ring is 1. The third kappa shape index (κ3) is 6.31. The molecule has 29 heavy (non-hydrogen) atoms. The van der Waals surface area contributed by atoms with Crippen LogP contribution in [-0.2, 0) is 16.0 Å². The molecule has 3 rings (SSSR count). The first-order chi connectivity index (χ1) is 14.1. The lowest BCUT2D eigenvalue weighted by molar-refractivity contribution is -0.119. The van der Waals surface area contributed by atoms with Gasteiger partial charge in [-0.2, -0.15) is 0 Å². The predicted octanol–water partition coefficient (Wildman–Crippen LogP) is 5.54. The molecule has 1 amide bonds. The number of Topliss-reactive ketones (excluding diaryl/α,β-unsaturated/α-hetero) is 1. The van der Waals surface area contributed by atoms with Crippen LogP contribution in [0.15, 0.2) is 54.6 Å². The fourth-order valence-electron chi connectivity index (χ4n) is 3.78. The van der Waals surface area contributed by atoms with Crippen molar-refractivity contribution in [3.63, 3.8) is 0 Å². The molecule has 0 unspecified atom stereocenters. The number of ketones is 1. The molecule has 1 aliphatic rings. The van der Waals surface area contributed by atoms with E-state index in [1.165, 1.54) is 16.7 Å². The van der Waals surface area contributed by atoms with Gasteiger partial charge in [0.15, 0.2) is 0 Å². The van der Waals surface area contributed by atoms with E-state index in [9.17, 15) is 9.59 Å². The molecule has 152 valence electrons. The van der Waals surface area contributed by atoms with Gasteiger partial charge in [-0.3, -0.25) is 9.59 Å². The van der Waals surface area contributed by atoms with Gasteiger partial charge >= 0.3 is 0 Å². The summed E-state index contributed by atoms with van der Waals surface area (Å²) in [6.07, 6.45) is 9.52. The summed E-state index contributed by atoms with van der Waals surface area (Å²) < 4.78 is 0. The Morgan fingerprint density at radius 2 is 1.59 bits per heavy atom. The first kappa shape index (κ1) is 20.8. The quantitative estimate of drug-likeness (QED) is 0.391. The number of unbranched alkanes of at least 4 members (excludes halogenated alkanes) is 3. The van der Waals surface area contributed by atoms with E-state index in [1.54, 1.807) is 12.1 Å². The van der Waals surface area contributed by atoms with Gasteiger partial charge in [-0.15, -0.1) is 0 Å². The lowest BCUT2D eigenvalue weighted by Gasteiger charge is -2.08. The molecule has 0 radical (unpaired) electrons. The summed E-state index contributed by atoms with van der Waals surface area (Å²) in [5, 5.41) is 2.85. The van der Waals surface area contributed by atoms with Gasteiger partial charge in [0.25, 0.3) is 0 Å². The molecule has 0 saturated carbocycles. The van der Waals surface area contributed by atoms with Crippen molar-refractivity contribution in [3.8, 4) is 0 Å². The van der Waals surface area contributed by atoms with E-state index < -0.39 is 0 Å². The Labute approximate surface area is 173 Å². The van der Waals surface area contributed by atoms with Gasteiger partial charge in [-0.1, -0.05) is 55.3 Å². The van der Waals surface area contributed by atoms with Crippen molar-refractivity contribution in [2.24, 2.45) is 0 Å². The second-order valence-electron chi connectivity index (χ2n) is 7.68. The number of amides is 1. The van der Waals surface area contributed by atoms with Crippen molar-refractivity contribution in [3.05, 3.63) is 65.7 Å².